The maximum absolute atomic E-state index is 5.99. The van der Waals surface area contributed by atoms with Gasteiger partial charge in [0.1, 0.15) is 11.5 Å². The van der Waals surface area contributed by atoms with E-state index < -0.39 is 0 Å². The summed E-state index contributed by atoms with van der Waals surface area (Å²) >= 11 is 3.57. The van der Waals surface area contributed by atoms with Crippen molar-refractivity contribution in [1.82, 2.24) is 4.98 Å². The highest BCUT2D eigenvalue weighted by Crippen LogP contribution is 2.37. The normalized spacial score (nSPS) is 13.6. The Kier molecular flexibility index (Phi) is 2.92. The van der Waals surface area contributed by atoms with Crippen molar-refractivity contribution in [1.29, 1.82) is 0 Å². The van der Waals surface area contributed by atoms with Crippen LogP contribution < -0.4 is 4.74 Å². The van der Waals surface area contributed by atoms with Gasteiger partial charge >= 0.3 is 0 Å². The van der Waals surface area contributed by atoms with E-state index >= 15 is 0 Å². The van der Waals surface area contributed by atoms with Gasteiger partial charge in [0, 0.05) is 23.5 Å². The van der Waals surface area contributed by atoms with Crippen molar-refractivity contribution >= 4 is 21.7 Å². The van der Waals surface area contributed by atoms with Gasteiger partial charge in [0.15, 0.2) is 0 Å². The first-order valence-corrected chi connectivity index (χ1v) is 6.61. The Morgan fingerprint density at radius 1 is 1.22 bits per heavy atom. The second-order valence-corrected chi connectivity index (χ2v) is 5.20. The quantitative estimate of drug-likeness (QED) is 0.790. The summed E-state index contributed by atoms with van der Waals surface area (Å²) < 4.78 is 7.00. The van der Waals surface area contributed by atoms with Crippen LogP contribution >= 0.6 is 15.9 Å². The molecule has 0 saturated carbocycles. The van der Waals surface area contributed by atoms with Crippen LogP contribution in [0.2, 0.25) is 0 Å². The van der Waals surface area contributed by atoms with E-state index in [0.29, 0.717) is 0 Å². The third kappa shape index (κ3) is 2.06. The number of halogens is 1. The Morgan fingerprint density at radius 2 is 2.00 bits per heavy atom. The topological polar surface area (TPSA) is 22.1 Å². The van der Waals surface area contributed by atoms with Crippen molar-refractivity contribution in [3.8, 4) is 5.75 Å². The minimum Gasteiger partial charge on any atom is -0.456 e. The second kappa shape index (κ2) is 4.58. The van der Waals surface area contributed by atoms with Crippen LogP contribution in [0.15, 0.2) is 47.2 Å². The molecule has 1 aliphatic rings. The largest absolute Gasteiger partial charge is 0.456 e. The fraction of sp³-hybridized carbons (Fsp3) is 0.133. The van der Waals surface area contributed by atoms with E-state index in [1.54, 1.807) is 12.4 Å². The zero-order chi connectivity index (χ0) is 12.5. The average molecular weight is 302 g/mol. The Balaban J connectivity index is 2.00. The minimum atomic E-state index is 0.896. The smallest absolute Gasteiger partial charge is 0.145 e. The summed E-state index contributed by atoms with van der Waals surface area (Å²) in [5.41, 5.74) is 3.52. The lowest BCUT2D eigenvalue weighted by molar-refractivity contribution is 0.495. The summed E-state index contributed by atoms with van der Waals surface area (Å²) in [6, 6.07) is 8.16. The van der Waals surface area contributed by atoms with Gasteiger partial charge in [-0.05, 0) is 59.1 Å². The fourth-order valence-electron chi connectivity index (χ4n) is 2.11. The number of benzene rings is 1. The van der Waals surface area contributed by atoms with Gasteiger partial charge in [0.05, 0.1) is 4.47 Å². The molecule has 90 valence electrons. The van der Waals surface area contributed by atoms with Crippen LogP contribution in [0.3, 0.4) is 0 Å². The molecular weight excluding hydrogens is 290 g/mol. The number of rotatable bonds is 1. The maximum Gasteiger partial charge on any atom is 0.145 e. The number of ether oxygens (including phenoxy) is 1. The van der Waals surface area contributed by atoms with Crippen LogP contribution in [-0.2, 0) is 6.42 Å². The van der Waals surface area contributed by atoms with Gasteiger partial charge in [0.2, 0.25) is 0 Å². The van der Waals surface area contributed by atoms with Crippen molar-refractivity contribution in [2.24, 2.45) is 0 Å². The summed E-state index contributed by atoms with van der Waals surface area (Å²) in [5, 5.41) is 0. The van der Waals surface area contributed by atoms with Crippen molar-refractivity contribution in [3.05, 3.63) is 63.9 Å². The maximum atomic E-state index is 5.99. The minimum absolute atomic E-state index is 0.896. The molecule has 0 saturated heterocycles. The zero-order valence-electron chi connectivity index (χ0n) is 9.98. The lowest BCUT2D eigenvalue weighted by Crippen LogP contribution is -2.05. The third-order valence-corrected chi connectivity index (χ3v) is 3.54. The van der Waals surface area contributed by atoms with Crippen LogP contribution in [0.25, 0.3) is 5.76 Å². The highest BCUT2D eigenvalue weighted by Gasteiger charge is 2.17. The molecule has 1 aliphatic heterocycles. The van der Waals surface area contributed by atoms with Gasteiger partial charge in [-0.25, -0.2) is 0 Å². The third-order valence-electron chi connectivity index (χ3n) is 2.95. The molecule has 0 amide bonds. The number of aromatic nitrogens is 1. The number of nitrogens with zero attached hydrogens (tertiary/aromatic N) is 1. The summed E-state index contributed by atoms with van der Waals surface area (Å²) in [4.78, 5) is 4.02. The number of fused-ring (bicyclic) bond motifs is 1. The van der Waals surface area contributed by atoms with Crippen molar-refractivity contribution in [2.75, 3.05) is 0 Å². The molecule has 2 heterocycles. The lowest BCUT2D eigenvalue weighted by atomic mass is 10.0. The van der Waals surface area contributed by atoms with Crippen molar-refractivity contribution < 1.29 is 4.74 Å². The average Bonchev–Trinajstić information content (AvgIpc) is 2.39. The first-order chi connectivity index (χ1) is 8.74. The Morgan fingerprint density at radius 3 is 2.78 bits per heavy atom. The molecule has 0 atom stereocenters. The first kappa shape index (κ1) is 11.5. The van der Waals surface area contributed by atoms with E-state index in [2.05, 4.69) is 46.0 Å². The van der Waals surface area contributed by atoms with Crippen molar-refractivity contribution in [3.63, 3.8) is 0 Å². The second-order valence-electron chi connectivity index (χ2n) is 4.35. The summed E-state index contributed by atoms with van der Waals surface area (Å²) in [6.07, 6.45) is 6.56. The van der Waals surface area contributed by atoms with E-state index in [1.807, 2.05) is 12.1 Å². The molecule has 0 bridgehead atoms. The summed E-state index contributed by atoms with van der Waals surface area (Å²) in [7, 11) is 0. The summed E-state index contributed by atoms with van der Waals surface area (Å²) in [6.45, 7) is 2.09. The van der Waals surface area contributed by atoms with Gasteiger partial charge in [-0.1, -0.05) is 6.07 Å². The molecule has 0 radical (unpaired) electrons. The Hall–Kier alpha value is -1.61. The molecule has 3 heteroatoms. The van der Waals surface area contributed by atoms with Gasteiger partial charge in [-0.2, -0.15) is 0 Å². The predicted molar refractivity (Wildman–Crippen MR) is 75.4 cm³/mol. The SMILES string of the molecule is Cc1cc(Br)c2c(c1)CC=C(c1ccncc1)O2. The predicted octanol–water partition coefficient (Wildman–Crippen LogP) is 4.13. The van der Waals surface area contributed by atoms with E-state index in [9.17, 15) is 0 Å². The number of hydrogen-bond acceptors (Lipinski definition) is 2. The number of pyridine rings is 1. The lowest BCUT2D eigenvalue weighted by Gasteiger charge is -2.20. The molecular formula is C15H12BrNO. The number of hydrogen-bond donors (Lipinski definition) is 0. The van der Waals surface area contributed by atoms with Crippen LogP contribution in [0.4, 0.5) is 0 Å². The Bertz CT molecular complexity index is 620. The van der Waals surface area contributed by atoms with E-state index in [-0.39, 0.29) is 0 Å². The highest BCUT2D eigenvalue weighted by atomic mass is 79.9. The monoisotopic (exact) mass is 301 g/mol. The van der Waals surface area contributed by atoms with Crippen LogP contribution in [0.1, 0.15) is 16.7 Å². The van der Waals surface area contributed by atoms with Gasteiger partial charge in [-0.15, -0.1) is 0 Å². The molecule has 0 aliphatic carbocycles. The van der Waals surface area contributed by atoms with Crippen LogP contribution in [-0.4, -0.2) is 4.98 Å². The molecule has 2 nitrogen and oxygen atoms in total. The molecule has 3 rings (SSSR count). The van der Waals surface area contributed by atoms with Crippen molar-refractivity contribution in [2.45, 2.75) is 13.3 Å². The molecule has 2 aromatic rings. The van der Waals surface area contributed by atoms with Gasteiger partial charge < -0.3 is 4.74 Å². The Labute approximate surface area is 114 Å². The number of aryl methyl sites for hydroxylation is 1. The standard InChI is InChI=1S/C15H12BrNO/c1-10-8-12-2-3-14(11-4-6-17-7-5-11)18-15(12)13(16)9-10/h3-9H,2H2,1H3. The first-order valence-electron chi connectivity index (χ1n) is 5.81. The summed E-state index contributed by atoms with van der Waals surface area (Å²) in [5.74, 6) is 1.82. The molecule has 18 heavy (non-hydrogen) atoms. The van der Waals surface area contributed by atoms with E-state index in [0.717, 1.165) is 28.0 Å². The van der Waals surface area contributed by atoms with Crippen LogP contribution in [0.5, 0.6) is 5.75 Å². The molecule has 1 aromatic carbocycles. The van der Waals surface area contributed by atoms with E-state index in [1.165, 1.54) is 11.1 Å². The van der Waals surface area contributed by atoms with E-state index in [4.69, 9.17) is 4.74 Å². The van der Waals surface area contributed by atoms with Crippen LogP contribution in [0, 0.1) is 6.92 Å². The van der Waals surface area contributed by atoms with Gasteiger partial charge in [-0.3, -0.25) is 4.98 Å². The van der Waals surface area contributed by atoms with Gasteiger partial charge in [0.25, 0.3) is 0 Å². The molecule has 0 fully saturated rings. The highest BCUT2D eigenvalue weighted by molar-refractivity contribution is 9.10. The molecule has 0 unspecified atom stereocenters. The zero-order valence-corrected chi connectivity index (χ0v) is 11.6. The molecule has 0 N–H and O–H groups in total. The number of allylic oxidation sites excluding steroid dienone is 1. The molecule has 1 aromatic heterocycles. The fourth-order valence-corrected chi connectivity index (χ4v) is 2.81. The molecule has 0 spiro atoms.